The lowest BCUT2D eigenvalue weighted by Crippen LogP contribution is -2.59. The maximum atomic E-state index is 11.4. The van der Waals surface area contributed by atoms with E-state index >= 15 is 0 Å². The normalized spacial score (nSPS) is 41.5. The second-order valence-corrected chi connectivity index (χ2v) is 4.97. The van der Waals surface area contributed by atoms with Crippen molar-refractivity contribution in [2.24, 2.45) is 0 Å². The van der Waals surface area contributed by atoms with Crippen molar-refractivity contribution in [3.8, 4) is 0 Å². The van der Waals surface area contributed by atoms with Gasteiger partial charge in [-0.3, -0.25) is 10.1 Å². The summed E-state index contributed by atoms with van der Waals surface area (Å²) in [6, 6.07) is 0.415. The molecular weight excluding hydrogens is 194 g/mol. The second kappa shape index (κ2) is 3.76. The lowest BCUT2D eigenvalue weighted by atomic mass is 9.84. The molecule has 0 spiro atoms. The molecule has 4 heteroatoms. The predicted molar refractivity (Wildman–Crippen MR) is 55.8 cm³/mol. The molecule has 2 unspecified atom stereocenters. The molecule has 2 aliphatic rings. The summed E-state index contributed by atoms with van der Waals surface area (Å²) in [5.41, 5.74) is -0.752. The minimum Gasteiger partial charge on any atom is -0.480 e. The molecule has 86 valence electrons. The van der Waals surface area contributed by atoms with E-state index in [2.05, 4.69) is 5.32 Å². The lowest BCUT2D eigenvalue weighted by molar-refractivity contribution is -0.156. The third kappa shape index (κ3) is 2.32. The van der Waals surface area contributed by atoms with Crippen molar-refractivity contribution < 1.29 is 14.6 Å². The Morgan fingerprint density at radius 2 is 1.87 bits per heavy atom. The average Bonchev–Trinajstić information content (AvgIpc) is 2.85. The molecule has 2 atom stereocenters. The molecule has 0 aromatic carbocycles. The Morgan fingerprint density at radius 3 is 2.27 bits per heavy atom. The van der Waals surface area contributed by atoms with Crippen LogP contribution in [0, 0.1) is 0 Å². The van der Waals surface area contributed by atoms with E-state index in [0.717, 1.165) is 12.8 Å². The molecule has 2 rings (SSSR count). The van der Waals surface area contributed by atoms with Crippen LogP contribution in [0.5, 0.6) is 0 Å². The Kier molecular flexibility index (Phi) is 2.73. The second-order valence-electron chi connectivity index (χ2n) is 4.97. The van der Waals surface area contributed by atoms with Crippen LogP contribution in [0.2, 0.25) is 0 Å². The first-order chi connectivity index (χ1) is 7.02. The summed E-state index contributed by atoms with van der Waals surface area (Å²) in [5.74, 6) is -0.726. The minimum absolute atomic E-state index is 0.0242. The monoisotopic (exact) mass is 213 g/mol. The van der Waals surface area contributed by atoms with Crippen LogP contribution in [0.3, 0.4) is 0 Å². The van der Waals surface area contributed by atoms with Crippen molar-refractivity contribution in [3.63, 3.8) is 0 Å². The third-order valence-corrected chi connectivity index (χ3v) is 3.20. The van der Waals surface area contributed by atoms with Gasteiger partial charge in [-0.15, -0.1) is 0 Å². The van der Waals surface area contributed by atoms with Crippen LogP contribution in [0.4, 0.5) is 0 Å². The Bertz CT molecular complexity index is 247. The molecule has 2 N–H and O–H groups in total. The number of ether oxygens (including phenoxy) is 1. The summed E-state index contributed by atoms with van der Waals surface area (Å²) in [4.78, 5) is 11.4. The molecule has 1 saturated carbocycles. The lowest BCUT2D eigenvalue weighted by Gasteiger charge is -2.40. The highest BCUT2D eigenvalue weighted by Gasteiger charge is 2.47. The maximum Gasteiger partial charge on any atom is 0.324 e. The van der Waals surface area contributed by atoms with E-state index in [1.165, 1.54) is 0 Å². The highest BCUT2D eigenvalue weighted by Crippen LogP contribution is 2.33. The summed E-state index contributed by atoms with van der Waals surface area (Å²) in [6.07, 6.45) is 3.41. The van der Waals surface area contributed by atoms with E-state index in [9.17, 15) is 9.90 Å². The number of aliphatic carboxylic acids is 1. The zero-order valence-corrected chi connectivity index (χ0v) is 9.32. The quantitative estimate of drug-likeness (QED) is 0.738. The van der Waals surface area contributed by atoms with Gasteiger partial charge in [0.15, 0.2) is 0 Å². The van der Waals surface area contributed by atoms with Crippen LogP contribution >= 0.6 is 0 Å². The summed E-state index contributed by atoms with van der Waals surface area (Å²) >= 11 is 0. The van der Waals surface area contributed by atoms with E-state index in [0.29, 0.717) is 18.9 Å². The zero-order valence-electron chi connectivity index (χ0n) is 9.32. The average molecular weight is 213 g/mol. The number of carboxylic acids is 1. The summed E-state index contributed by atoms with van der Waals surface area (Å²) in [7, 11) is 0. The van der Waals surface area contributed by atoms with Gasteiger partial charge < -0.3 is 9.84 Å². The molecule has 1 aliphatic carbocycles. The van der Waals surface area contributed by atoms with E-state index in [1.807, 2.05) is 13.8 Å². The Hall–Kier alpha value is -0.610. The van der Waals surface area contributed by atoms with Crippen LogP contribution in [0.15, 0.2) is 0 Å². The number of hydrogen-bond acceptors (Lipinski definition) is 3. The Labute approximate surface area is 90.0 Å². The molecule has 0 amide bonds. The van der Waals surface area contributed by atoms with Gasteiger partial charge in [-0.1, -0.05) is 0 Å². The molecule has 0 radical (unpaired) electrons. The van der Waals surface area contributed by atoms with Crippen LogP contribution in [-0.4, -0.2) is 34.9 Å². The van der Waals surface area contributed by atoms with Crippen LogP contribution in [-0.2, 0) is 9.53 Å². The first-order valence-electron chi connectivity index (χ1n) is 5.68. The van der Waals surface area contributed by atoms with E-state index < -0.39 is 11.5 Å². The Balaban J connectivity index is 2.11. The van der Waals surface area contributed by atoms with Gasteiger partial charge in [0.25, 0.3) is 0 Å². The molecule has 15 heavy (non-hydrogen) atoms. The topological polar surface area (TPSA) is 58.6 Å². The van der Waals surface area contributed by atoms with Crippen molar-refractivity contribution in [2.75, 3.05) is 0 Å². The number of hydrogen-bond donors (Lipinski definition) is 2. The molecule has 4 nitrogen and oxygen atoms in total. The van der Waals surface area contributed by atoms with Crippen LogP contribution < -0.4 is 5.32 Å². The van der Waals surface area contributed by atoms with Gasteiger partial charge in [-0.05, 0) is 26.7 Å². The molecule has 1 aliphatic heterocycles. The molecule has 1 heterocycles. The first kappa shape index (κ1) is 10.9. The van der Waals surface area contributed by atoms with Gasteiger partial charge in [0.1, 0.15) is 5.54 Å². The number of nitrogens with one attached hydrogen (secondary N) is 1. The predicted octanol–water partition coefficient (Wildman–Crippen LogP) is 1.15. The summed E-state index contributed by atoms with van der Waals surface area (Å²) < 4.78 is 5.59. The zero-order chi connectivity index (χ0) is 11.1. The fourth-order valence-electron chi connectivity index (χ4n) is 2.53. The number of rotatable bonds is 3. The molecular formula is C11H19NO3. The molecule has 1 saturated heterocycles. The molecule has 2 fully saturated rings. The SMILES string of the molecule is CC1CC(NC2CC2)(C(=O)O)CC(C)O1. The minimum atomic E-state index is -0.752. The number of carboxylic acid groups (broad SMARTS) is 1. The van der Waals surface area contributed by atoms with Gasteiger partial charge in [-0.25, -0.2) is 0 Å². The van der Waals surface area contributed by atoms with Gasteiger partial charge in [0.05, 0.1) is 12.2 Å². The third-order valence-electron chi connectivity index (χ3n) is 3.20. The van der Waals surface area contributed by atoms with Crippen molar-refractivity contribution >= 4 is 5.97 Å². The van der Waals surface area contributed by atoms with Gasteiger partial charge in [0.2, 0.25) is 0 Å². The van der Waals surface area contributed by atoms with Crippen molar-refractivity contribution in [1.82, 2.24) is 5.32 Å². The van der Waals surface area contributed by atoms with E-state index in [-0.39, 0.29) is 12.2 Å². The smallest absolute Gasteiger partial charge is 0.324 e. The van der Waals surface area contributed by atoms with Crippen molar-refractivity contribution in [3.05, 3.63) is 0 Å². The van der Waals surface area contributed by atoms with Gasteiger partial charge in [0, 0.05) is 18.9 Å². The van der Waals surface area contributed by atoms with Crippen LogP contribution in [0.25, 0.3) is 0 Å². The van der Waals surface area contributed by atoms with Crippen LogP contribution in [0.1, 0.15) is 39.5 Å². The molecule has 0 aromatic heterocycles. The fourth-order valence-corrected chi connectivity index (χ4v) is 2.53. The number of carbonyl (C=O) groups is 1. The largest absolute Gasteiger partial charge is 0.480 e. The van der Waals surface area contributed by atoms with Crippen molar-refractivity contribution in [2.45, 2.75) is 63.3 Å². The molecule has 0 bridgehead atoms. The van der Waals surface area contributed by atoms with Gasteiger partial charge in [-0.2, -0.15) is 0 Å². The summed E-state index contributed by atoms with van der Waals surface area (Å²) in [6.45, 7) is 3.89. The molecule has 0 aromatic rings. The Morgan fingerprint density at radius 1 is 1.33 bits per heavy atom. The fraction of sp³-hybridized carbons (Fsp3) is 0.909. The van der Waals surface area contributed by atoms with E-state index in [4.69, 9.17) is 4.74 Å². The highest BCUT2D eigenvalue weighted by atomic mass is 16.5. The van der Waals surface area contributed by atoms with Crippen molar-refractivity contribution in [1.29, 1.82) is 0 Å². The first-order valence-corrected chi connectivity index (χ1v) is 5.68. The van der Waals surface area contributed by atoms with E-state index in [1.54, 1.807) is 0 Å². The summed E-state index contributed by atoms with van der Waals surface area (Å²) in [5, 5.41) is 12.7. The van der Waals surface area contributed by atoms with Gasteiger partial charge >= 0.3 is 5.97 Å². The highest BCUT2D eigenvalue weighted by molar-refractivity contribution is 5.79. The standard InChI is InChI=1S/C11H19NO3/c1-7-5-11(10(13)14,6-8(2)15-7)12-9-3-4-9/h7-9,12H,3-6H2,1-2H3,(H,13,14). The maximum absolute atomic E-state index is 11.4.